The summed E-state index contributed by atoms with van der Waals surface area (Å²) in [5.41, 5.74) is 1.30. The summed E-state index contributed by atoms with van der Waals surface area (Å²) in [6.45, 7) is 0.463. The van der Waals surface area contributed by atoms with Crippen molar-refractivity contribution in [2.45, 2.75) is 13.2 Å². The molecule has 2 aromatic carbocycles. The van der Waals surface area contributed by atoms with Crippen LogP contribution in [0, 0.1) is 11.6 Å². The number of hydrogen-bond acceptors (Lipinski definition) is 6. The molecule has 2 heterocycles. The number of rotatable bonds is 7. The summed E-state index contributed by atoms with van der Waals surface area (Å²) in [5.74, 6) is -2.30. The number of carboxylic acid groups (broad SMARTS) is 1. The molecule has 4 aromatic rings. The molecule has 154 valence electrons. The lowest BCUT2D eigenvalue weighted by atomic mass is 10.0. The van der Waals surface area contributed by atoms with Crippen LogP contribution in [0.2, 0.25) is 0 Å². The molecule has 0 aliphatic rings. The molecule has 0 saturated heterocycles. The van der Waals surface area contributed by atoms with Crippen molar-refractivity contribution in [1.82, 2.24) is 4.98 Å². The van der Waals surface area contributed by atoms with Crippen LogP contribution < -0.4 is 4.74 Å². The maximum absolute atomic E-state index is 14.3. The molecule has 0 aliphatic carbocycles. The molecule has 0 spiro atoms. The highest BCUT2D eigenvalue weighted by atomic mass is 32.1. The lowest BCUT2D eigenvalue weighted by molar-refractivity contribution is 0.0691. The van der Waals surface area contributed by atoms with E-state index in [0.717, 1.165) is 10.4 Å². The second-order valence-corrected chi connectivity index (χ2v) is 8.43. The van der Waals surface area contributed by atoms with Crippen molar-refractivity contribution in [3.63, 3.8) is 0 Å². The lowest BCUT2D eigenvalue weighted by Gasteiger charge is -2.08. The Balaban J connectivity index is 1.58. The van der Waals surface area contributed by atoms with E-state index in [-0.39, 0.29) is 17.7 Å². The Hall–Kier alpha value is -2.88. The summed E-state index contributed by atoms with van der Waals surface area (Å²) in [7, 11) is 1.55. The van der Waals surface area contributed by atoms with Crippen LogP contribution in [0.1, 0.15) is 20.4 Å². The third kappa shape index (κ3) is 4.04. The van der Waals surface area contributed by atoms with E-state index in [1.807, 2.05) is 0 Å². The molecule has 0 atom stereocenters. The number of aromatic carboxylic acids is 1. The number of aromatic nitrogens is 1. The number of benzene rings is 2. The highest BCUT2D eigenvalue weighted by molar-refractivity contribution is 7.19. The quantitative estimate of drug-likeness (QED) is 0.392. The van der Waals surface area contributed by atoms with Gasteiger partial charge in [0.25, 0.3) is 0 Å². The van der Waals surface area contributed by atoms with Crippen LogP contribution in [0.15, 0.2) is 41.8 Å². The summed E-state index contributed by atoms with van der Waals surface area (Å²) in [4.78, 5) is 15.7. The number of nitrogens with zero attached hydrogens (tertiary/aromatic N) is 1. The van der Waals surface area contributed by atoms with Gasteiger partial charge in [-0.1, -0.05) is 12.1 Å². The van der Waals surface area contributed by atoms with Crippen LogP contribution in [0.4, 0.5) is 8.78 Å². The Kier molecular flexibility index (Phi) is 5.76. The van der Waals surface area contributed by atoms with Crippen molar-refractivity contribution in [2.24, 2.45) is 0 Å². The van der Waals surface area contributed by atoms with E-state index in [1.165, 1.54) is 34.1 Å². The van der Waals surface area contributed by atoms with E-state index in [2.05, 4.69) is 4.98 Å². The Labute approximate surface area is 178 Å². The minimum atomic E-state index is -1.08. The molecule has 1 N–H and O–H groups in total. The molecular weight excluding hydrogens is 432 g/mol. The fourth-order valence-corrected chi connectivity index (χ4v) is 4.81. The van der Waals surface area contributed by atoms with Crippen LogP contribution in [-0.4, -0.2) is 23.2 Å². The third-order valence-electron chi connectivity index (χ3n) is 4.33. The van der Waals surface area contributed by atoms with Crippen LogP contribution in [-0.2, 0) is 18.0 Å². The van der Waals surface area contributed by atoms with Crippen molar-refractivity contribution < 1.29 is 28.2 Å². The van der Waals surface area contributed by atoms with E-state index < -0.39 is 17.6 Å². The molecule has 0 bridgehead atoms. The molecular formula is C21H15F2NO4S2. The van der Waals surface area contributed by atoms with Gasteiger partial charge in [0.15, 0.2) is 17.3 Å². The molecule has 9 heteroatoms. The first kappa shape index (κ1) is 20.4. The predicted octanol–water partition coefficient (Wildman–Crippen LogP) is 5.73. The number of thiazole rings is 1. The van der Waals surface area contributed by atoms with E-state index in [1.54, 1.807) is 37.4 Å². The Bertz CT molecular complexity index is 1220. The molecule has 0 fully saturated rings. The zero-order valence-corrected chi connectivity index (χ0v) is 17.3. The minimum Gasteiger partial charge on any atom is -0.486 e. The Morgan fingerprint density at radius 3 is 2.60 bits per heavy atom. The first-order valence-corrected chi connectivity index (χ1v) is 10.5. The number of methoxy groups -OCH3 is 1. The molecule has 2 aromatic heterocycles. The highest BCUT2D eigenvalue weighted by Crippen LogP contribution is 2.38. The number of ether oxygens (including phenoxy) is 2. The number of carboxylic acids is 1. The van der Waals surface area contributed by atoms with E-state index >= 15 is 0 Å². The number of thiophene rings is 1. The Morgan fingerprint density at radius 1 is 1.17 bits per heavy atom. The largest absolute Gasteiger partial charge is 0.486 e. The molecule has 0 amide bonds. The molecule has 0 aliphatic heterocycles. The van der Waals surface area contributed by atoms with E-state index in [9.17, 15) is 13.6 Å². The first-order valence-electron chi connectivity index (χ1n) is 8.76. The maximum atomic E-state index is 14.3. The summed E-state index contributed by atoms with van der Waals surface area (Å²) in [6, 6.07) is 9.78. The van der Waals surface area contributed by atoms with Crippen LogP contribution in [0.3, 0.4) is 0 Å². The fourth-order valence-electron chi connectivity index (χ4n) is 2.97. The normalized spacial score (nSPS) is 11.2. The Morgan fingerprint density at radius 2 is 1.93 bits per heavy atom. The highest BCUT2D eigenvalue weighted by Gasteiger charge is 2.17. The zero-order valence-electron chi connectivity index (χ0n) is 15.6. The average Bonchev–Trinajstić information content (AvgIpc) is 3.37. The second-order valence-electron chi connectivity index (χ2n) is 6.35. The summed E-state index contributed by atoms with van der Waals surface area (Å²) < 4.78 is 39.8. The van der Waals surface area contributed by atoms with Crippen molar-refractivity contribution in [3.8, 4) is 16.9 Å². The summed E-state index contributed by atoms with van der Waals surface area (Å²) in [5, 5.41) is 11.1. The smallest absolute Gasteiger partial charge is 0.355 e. The van der Waals surface area contributed by atoms with Gasteiger partial charge in [0.1, 0.15) is 17.4 Å². The molecule has 0 unspecified atom stereocenters. The zero-order chi connectivity index (χ0) is 21.3. The van der Waals surface area contributed by atoms with Crippen LogP contribution >= 0.6 is 22.7 Å². The first-order chi connectivity index (χ1) is 14.5. The van der Waals surface area contributed by atoms with Gasteiger partial charge in [0, 0.05) is 33.0 Å². The fraction of sp³-hybridized carbons (Fsp3) is 0.143. The average molecular weight is 447 g/mol. The van der Waals surface area contributed by atoms with Gasteiger partial charge in [-0.3, -0.25) is 0 Å². The number of hydrogen-bond donors (Lipinski definition) is 1. The van der Waals surface area contributed by atoms with Gasteiger partial charge in [-0.2, -0.15) is 0 Å². The van der Waals surface area contributed by atoms with Gasteiger partial charge in [0.05, 0.1) is 6.61 Å². The number of halogens is 2. The minimum absolute atomic E-state index is 0.0138. The van der Waals surface area contributed by atoms with Gasteiger partial charge in [0.2, 0.25) is 0 Å². The van der Waals surface area contributed by atoms with Crippen molar-refractivity contribution in [1.29, 1.82) is 0 Å². The van der Waals surface area contributed by atoms with Gasteiger partial charge in [-0.25, -0.2) is 18.6 Å². The number of fused-ring (bicyclic) bond motifs is 1. The predicted molar refractivity (Wildman–Crippen MR) is 111 cm³/mol. The standard InChI is InChI=1S/C21H15F2NO4S2/c1-27-8-13-6-15-19(23)16(22)7-14(20(15)30-13)11-2-4-12(5-3-11)28-9-18-24-17(10-29-18)21(25)26/h2-7,10H,8-9H2,1H3,(H,25,26). The number of carbonyl (C=O) groups is 1. The van der Waals surface area contributed by atoms with Crippen molar-refractivity contribution in [3.05, 3.63) is 69.0 Å². The van der Waals surface area contributed by atoms with Crippen LogP contribution in [0.25, 0.3) is 21.2 Å². The van der Waals surface area contributed by atoms with E-state index in [4.69, 9.17) is 14.6 Å². The van der Waals surface area contributed by atoms with Gasteiger partial charge < -0.3 is 14.6 Å². The summed E-state index contributed by atoms with van der Waals surface area (Å²) in [6.07, 6.45) is 0. The molecule has 0 radical (unpaired) electrons. The third-order valence-corrected chi connectivity index (χ3v) is 6.29. The molecule has 0 saturated carbocycles. The van der Waals surface area contributed by atoms with Crippen molar-refractivity contribution in [2.75, 3.05) is 7.11 Å². The maximum Gasteiger partial charge on any atom is 0.355 e. The second kappa shape index (κ2) is 8.47. The van der Waals surface area contributed by atoms with Crippen molar-refractivity contribution >= 4 is 38.7 Å². The SMILES string of the molecule is COCc1cc2c(F)c(F)cc(-c3ccc(OCc4nc(C(=O)O)cs4)cc3)c2s1. The molecule has 4 rings (SSSR count). The van der Waals surface area contributed by atoms with E-state index in [0.29, 0.717) is 27.6 Å². The van der Waals surface area contributed by atoms with Gasteiger partial charge >= 0.3 is 5.97 Å². The van der Waals surface area contributed by atoms with Crippen LogP contribution in [0.5, 0.6) is 5.75 Å². The van der Waals surface area contributed by atoms with Gasteiger partial charge in [-0.15, -0.1) is 22.7 Å². The van der Waals surface area contributed by atoms with Gasteiger partial charge in [-0.05, 0) is 29.8 Å². The molecule has 30 heavy (non-hydrogen) atoms. The summed E-state index contributed by atoms with van der Waals surface area (Å²) >= 11 is 2.57. The molecule has 5 nitrogen and oxygen atoms in total. The lowest BCUT2D eigenvalue weighted by Crippen LogP contribution is -1.99. The topological polar surface area (TPSA) is 68.7 Å². The monoisotopic (exact) mass is 447 g/mol.